The number of fused-ring (bicyclic) bond motifs is 1. The van der Waals surface area contributed by atoms with E-state index in [4.69, 9.17) is 0 Å². The van der Waals surface area contributed by atoms with Crippen molar-refractivity contribution >= 4 is 5.91 Å². The summed E-state index contributed by atoms with van der Waals surface area (Å²) in [5, 5.41) is 3.32. The number of hydrogen-bond acceptors (Lipinski definition) is 2. The van der Waals surface area contributed by atoms with Gasteiger partial charge in [-0.15, -0.1) is 0 Å². The van der Waals surface area contributed by atoms with Crippen molar-refractivity contribution in [1.82, 2.24) is 10.2 Å². The van der Waals surface area contributed by atoms with E-state index >= 15 is 0 Å². The van der Waals surface area contributed by atoms with Crippen LogP contribution >= 0.6 is 0 Å². The van der Waals surface area contributed by atoms with Gasteiger partial charge in [0.05, 0.1) is 5.92 Å². The van der Waals surface area contributed by atoms with Crippen LogP contribution in [0.1, 0.15) is 44.9 Å². The van der Waals surface area contributed by atoms with E-state index in [0.717, 1.165) is 32.0 Å². The molecule has 3 atom stereocenters. The fraction of sp³-hybridized carbons (Fsp3) is 0.929. The molecule has 96 valence electrons. The van der Waals surface area contributed by atoms with Crippen LogP contribution in [0.15, 0.2) is 0 Å². The number of carbonyl (C=O) groups excluding carboxylic acids is 1. The summed E-state index contributed by atoms with van der Waals surface area (Å²) in [7, 11) is 0. The van der Waals surface area contributed by atoms with Crippen LogP contribution in [-0.4, -0.2) is 36.5 Å². The summed E-state index contributed by atoms with van der Waals surface area (Å²) < 4.78 is 0. The Morgan fingerprint density at radius 2 is 1.88 bits per heavy atom. The Bertz CT molecular complexity index is 284. The Labute approximate surface area is 104 Å². The Balaban J connectivity index is 1.69. The van der Waals surface area contributed by atoms with Gasteiger partial charge in [-0.05, 0) is 44.6 Å². The molecule has 3 aliphatic rings. The Hall–Kier alpha value is -0.570. The molecule has 1 aliphatic carbocycles. The number of likely N-dealkylation sites (tertiary alicyclic amines) is 1. The van der Waals surface area contributed by atoms with Crippen molar-refractivity contribution in [3.8, 4) is 0 Å². The van der Waals surface area contributed by atoms with Gasteiger partial charge in [0.1, 0.15) is 0 Å². The highest BCUT2D eigenvalue weighted by Crippen LogP contribution is 2.36. The zero-order valence-electron chi connectivity index (χ0n) is 10.7. The highest BCUT2D eigenvalue weighted by molar-refractivity contribution is 5.80. The third kappa shape index (κ3) is 2.22. The van der Waals surface area contributed by atoms with Gasteiger partial charge in [0.25, 0.3) is 0 Å². The number of nitrogens with zero attached hydrogens (tertiary/aromatic N) is 1. The van der Waals surface area contributed by atoms with E-state index in [9.17, 15) is 4.79 Å². The highest BCUT2D eigenvalue weighted by atomic mass is 16.2. The minimum Gasteiger partial charge on any atom is -0.339 e. The summed E-state index contributed by atoms with van der Waals surface area (Å²) in [6, 6.07) is 0.589. The van der Waals surface area contributed by atoms with Crippen LogP contribution in [-0.2, 0) is 4.79 Å². The summed E-state index contributed by atoms with van der Waals surface area (Å²) >= 11 is 0. The van der Waals surface area contributed by atoms with Crippen molar-refractivity contribution in [1.29, 1.82) is 0 Å². The minimum atomic E-state index is 0.274. The molecule has 2 aliphatic heterocycles. The van der Waals surface area contributed by atoms with E-state index in [2.05, 4.69) is 10.2 Å². The van der Waals surface area contributed by atoms with Crippen molar-refractivity contribution in [3.05, 3.63) is 0 Å². The van der Waals surface area contributed by atoms with Gasteiger partial charge in [0, 0.05) is 19.1 Å². The second-order valence-corrected chi connectivity index (χ2v) is 5.98. The van der Waals surface area contributed by atoms with Crippen molar-refractivity contribution in [2.45, 2.75) is 51.0 Å². The maximum atomic E-state index is 12.5. The van der Waals surface area contributed by atoms with Crippen LogP contribution in [0.2, 0.25) is 0 Å². The first-order valence-electron chi connectivity index (χ1n) is 7.37. The van der Waals surface area contributed by atoms with E-state index in [1.807, 2.05) is 0 Å². The van der Waals surface area contributed by atoms with E-state index in [0.29, 0.717) is 11.9 Å². The van der Waals surface area contributed by atoms with Gasteiger partial charge < -0.3 is 10.2 Å². The van der Waals surface area contributed by atoms with E-state index in [-0.39, 0.29) is 5.92 Å². The van der Waals surface area contributed by atoms with Crippen LogP contribution in [0.4, 0.5) is 0 Å². The molecule has 3 heteroatoms. The lowest BCUT2D eigenvalue weighted by Gasteiger charge is -2.45. The molecule has 2 heterocycles. The van der Waals surface area contributed by atoms with Crippen LogP contribution < -0.4 is 5.32 Å². The van der Waals surface area contributed by atoms with Crippen molar-refractivity contribution in [2.75, 3.05) is 19.6 Å². The molecular weight excluding hydrogens is 212 g/mol. The number of rotatable bonds is 1. The summed E-state index contributed by atoms with van der Waals surface area (Å²) in [6.07, 6.45) is 8.97. The first-order valence-corrected chi connectivity index (χ1v) is 7.37. The van der Waals surface area contributed by atoms with E-state index in [1.165, 1.54) is 38.5 Å². The molecule has 1 saturated carbocycles. The molecule has 0 aromatic heterocycles. The molecule has 0 aromatic rings. The van der Waals surface area contributed by atoms with E-state index < -0.39 is 0 Å². The quantitative estimate of drug-likeness (QED) is 0.752. The average molecular weight is 236 g/mol. The van der Waals surface area contributed by atoms with E-state index in [1.54, 1.807) is 0 Å². The molecule has 2 saturated heterocycles. The molecule has 3 nitrogen and oxygen atoms in total. The van der Waals surface area contributed by atoms with Gasteiger partial charge in [-0.1, -0.05) is 12.8 Å². The average Bonchev–Trinajstić information content (AvgIpc) is 2.91. The van der Waals surface area contributed by atoms with Crippen LogP contribution in [0, 0.1) is 11.8 Å². The lowest BCUT2D eigenvalue weighted by molar-refractivity contribution is -0.141. The van der Waals surface area contributed by atoms with Gasteiger partial charge in [-0.2, -0.15) is 0 Å². The molecule has 0 aromatic carbocycles. The number of nitrogens with one attached hydrogen (secondary N) is 1. The van der Waals surface area contributed by atoms with Gasteiger partial charge in [0.15, 0.2) is 0 Å². The topological polar surface area (TPSA) is 32.3 Å². The molecule has 0 spiro atoms. The first-order chi connectivity index (χ1) is 8.36. The standard InChI is InChI=1S/C14H24N2O/c17-14(12-7-8-15-10-12)16-9-3-5-11-4-1-2-6-13(11)16/h11-13,15H,1-10H2. The molecule has 3 fully saturated rings. The Morgan fingerprint density at radius 1 is 1.06 bits per heavy atom. The SMILES string of the molecule is O=C(C1CCNC1)N1CCCC2CCCCC21. The zero-order chi connectivity index (χ0) is 11.7. The highest BCUT2D eigenvalue weighted by Gasteiger charge is 2.38. The maximum Gasteiger partial charge on any atom is 0.227 e. The molecule has 17 heavy (non-hydrogen) atoms. The van der Waals surface area contributed by atoms with Crippen molar-refractivity contribution in [3.63, 3.8) is 0 Å². The minimum absolute atomic E-state index is 0.274. The van der Waals surface area contributed by atoms with Crippen molar-refractivity contribution in [2.24, 2.45) is 11.8 Å². The third-order valence-electron chi connectivity index (χ3n) is 4.94. The number of carbonyl (C=O) groups is 1. The second kappa shape index (κ2) is 4.97. The molecule has 1 amide bonds. The summed E-state index contributed by atoms with van der Waals surface area (Å²) in [4.78, 5) is 14.8. The largest absolute Gasteiger partial charge is 0.339 e. The fourth-order valence-electron chi connectivity index (χ4n) is 4.00. The Morgan fingerprint density at radius 3 is 2.71 bits per heavy atom. The lowest BCUT2D eigenvalue weighted by Crippen LogP contribution is -2.51. The maximum absolute atomic E-state index is 12.5. The summed E-state index contributed by atoms with van der Waals surface area (Å²) in [6.45, 7) is 2.96. The third-order valence-corrected chi connectivity index (χ3v) is 4.94. The van der Waals surface area contributed by atoms with Gasteiger partial charge in [-0.25, -0.2) is 0 Å². The van der Waals surface area contributed by atoms with Crippen molar-refractivity contribution < 1.29 is 4.79 Å². The number of amides is 1. The lowest BCUT2D eigenvalue weighted by atomic mass is 9.78. The summed E-state index contributed by atoms with van der Waals surface area (Å²) in [5.74, 6) is 1.54. The number of hydrogen-bond donors (Lipinski definition) is 1. The predicted octanol–water partition coefficient (Wildman–Crippen LogP) is 1.78. The number of piperidine rings is 1. The molecule has 0 bridgehead atoms. The van der Waals surface area contributed by atoms with Crippen LogP contribution in [0.3, 0.4) is 0 Å². The second-order valence-electron chi connectivity index (χ2n) is 5.98. The van der Waals surface area contributed by atoms with Crippen LogP contribution in [0.5, 0.6) is 0 Å². The Kier molecular flexibility index (Phi) is 3.37. The van der Waals surface area contributed by atoms with Gasteiger partial charge in [-0.3, -0.25) is 4.79 Å². The monoisotopic (exact) mass is 236 g/mol. The smallest absolute Gasteiger partial charge is 0.227 e. The molecular formula is C14H24N2O. The molecule has 1 N–H and O–H groups in total. The van der Waals surface area contributed by atoms with Gasteiger partial charge >= 0.3 is 0 Å². The normalized spacial score (nSPS) is 37.9. The molecule has 3 rings (SSSR count). The van der Waals surface area contributed by atoms with Crippen LogP contribution in [0.25, 0.3) is 0 Å². The summed E-state index contributed by atoms with van der Waals surface area (Å²) in [5.41, 5.74) is 0. The first kappa shape index (κ1) is 11.5. The molecule has 3 unspecified atom stereocenters. The zero-order valence-corrected chi connectivity index (χ0v) is 10.7. The predicted molar refractivity (Wildman–Crippen MR) is 67.7 cm³/mol. The van der Waals surface area contributed by atoms with Gasteiger partial charge in [0.2, 0.25) is 5.91 Å². The molecule has 0 radical (unpaired) electrons. The fourth-order valence-corrected chi connectivity index (χ4v) is 4.00.